The van der Waals surface area contributed by atoms with Crippen molar-refractivity contribution in [1.29, 1.82) is 0 Å². The molecule has 0 saturated heterocycles. The first-order chi connectivity index (χ1) is 10.9. The topological polar surface area (TPSA) is 67.6 Å². The Morgan fingerprint density at radius 1 is 1.28 bits per heavy atom. The summed E-state index contributed by atoms with van der Waals surface area (Å²) in [6.07, 6.45) is 1.50. The molecule has 0 aromatic heterocycles. The summed E-state index contributed by atoms with van der Waals surface area (Å²) in [5.41, 5.74) is 6.50. The first-order valence-corrected chi connectivity index (χ1v) is 8.22. The Labute approximate surface area is 164 Å². The molecule has 0 aliphatic carbocycles. The summed E-state index contributed by atoms with van der Waals surface area (Å²) in [5.74, 6) is 0.860. The van der Waals surface area contributed by atoms with Gasteiger partial charge >= 0.3 is 0 Å². The summed E-state index contributed by atoms with van der Waals surface area (Å²) in [6, 6.07) is 8.03. The lowest BCUT2D eigenvalue weighted by Gasteiger charge is -2.31. The zero-order valence-corrected chi connectivity index (χ0v) is 17.5. The van der Waals surface area contributed by atoms with E-state index in [0.717, 1.165) is 24.2 Å². The van der Waals surface area contributed by atoms with Gasteiger partial charge in [0.15, 0.2) is 0 Å². The second-order valence-electron chi connectivity index (χ2n) is 6.16. The first-order valence-electron chi connectivity index (χ1n) is 8.22. The van der Waals surface area contributed by atoms with Gasteiger partial charge in [0.2, 0.25) is 5.91 Å². The lowest BCUT2D eigenvalue weighted by molar-refractivity contribution is -0.131. The van der Waals surface area contributed by atoms with Crippen molar-refractivity contribution in [2.75, 3.05) is 34.3 Å². The van der Waals surface area contributed by atoms with Gasteiger partial charge in [0, 0.05) is 13.1 Å². The Morgan fingerprint density at radius 3 is 2.32 bits per heavy atom. The van der Waals surface area contributed by atoms with Gasteiger partial charge in [-0.05, 0) is 44.6 Å². The minimum Gasteiger partial charge on any atom is -0.497 e. The third-order valence-electron chi connectivity index (χ3n) is 4.78. The molecule has 0 aliphatic heterocycles. The van der Waals surface area contributed by atoms with E-state index in [4.69, 9.17) is 10.5 Å². The number of hydrogen-bond acceptors (Lipinski definition) is 4. The molecular formula is C18H33Cl2N3O2. The maximum absolute atomic E-state index is 12.6. The summed E-state index contributed by atoms with van der Waals surface area (Å²) in [5, 5.41) is 3.09. The van der Waals surface area contributed by atoms with Crippen molar-refractivity contribution in [2.24, 2.45) is 11.1 Å². The Bertz CT molecular complexity index is 501. The van der Waals surface area contributed by atoms with Gasteiger partial charge in [0.05, 0.1) is 18.6 Å². The number of hydrogen-bond donors (Lipinski definition) is 2. The van der Waals surface area contributed by atoms with Gasteiger partial charge in [0.1, 0.15) is 5.75 Å². The van der Waals surface area contributed by atoms with Crippen LogP contribution >= 0.6 is 24.8 Å². The average molecular weight is 394 g/mol. The summed E-state index contributed by atoms with van der Waals surface area (Å²) < 4.78 is 5.29. The molecule has 0 bridgehead atoms. The highest BCUT2D eigenvalue weighted by Gasteiger charge is 2.33. The lowest BCUT2D eigenvalue weighted by atomic mass is 9.81. The van der Waals surface area contributed by atoms with Crippen LogP contribution in [0.4, 0.5) is 0 Å². The van der Waals surface area contributed by atoms with Crippen LogP contribution in [0.25, 0.3) is 0 Å². The molecule has 1 unspecified atom stereocenters. The van der Waals surface area contributed by atoms with Crippen LogP contribution < -0.4 is 15.8 Å². The average Bonchev–Trinajstić information content (AvgIpc) is 2.57. The van der Waals surface area contributed by atoms with Crippen molar-refractivity contribution in [2.45, 2.75) is 32.7 Å². The Kier molecular flexibility index (Phi) is 13.0. The number of halogens is 2. The number of amides is 1. The van der Waals surface area contributed by atoms with Gasteiger partial charge in [-0.3, -0.25) is 4.79 Å². The van der Waals surface area contributed by atoms with Crippen LogP contribution in [0.15, 0.2) is 24.3 Å². The summed E-state index contributed by atoms with van der Waals surface area (Å²) >= 11 is 0. The molecule has 1 rings (SSSR count). The van der Waals surface area contributed by atoms with Crippen molar-refractivity contribution in [1.82, 2.24) is 10.2 Å². The molecule has 146 valence electrons. The molecule has 5 nitrogen and oxygen atoms in total. The Morgan fingerprint density at radius 2 is 1.88 bits per heavy atom. The molecule has 0 saturated carbocycles. The van der Waals surface area contributed by atoms with Gasteiger partial charge in [-0.2, -0.15) is 0 Å². The molecule has 1 aromatic rings. The van der Waals surface area contributed by atoms with E-state index in [-0.39, 0.29) is 36.8 Å². The molecule has 7 heteroatoms. The smallest absolute Gasteiger partial charge is 0.227 e. The summed E-state index contributed by atoms with van der Waals surface area (Å²) in [7, 11) is 5.67. The molecule has 0 aliphatic rings. The Balaban J connectivity index is 0. The second kappa shape index (κ2) is 12.4. The van der Waals surface area contributed by atoms with Crippen LogP contribution in [-0.2, 0) is 4.79 Å². The van der Waals surface area contributed by atoms with E-state index in [1.54, 1.807) is 7.11 Å². The molecule has 0 spiro atoms. The van der Waals surface area contributed by atoms with Gasteiger partial charge in [-0.25, -0.2) is 0 Å². The van der Waals surface area contributed by atoms with Crippen LogP contribution in [0.2, 0.25) is 0 Å². The van der Waals surface area contributed by atoms with Crippen LogP contribution in [-0.4, -0.2) is 45.1 Å². The monoisotopic (exact) mass is 393 g/mol. The molecule has 0 radical (unpaired) electrons. The Hall–Kier alpha value is -1.01. The number of carbonyl (C=O) groups excluding carboxylic acids is 1. The van der Waals surface area contributed by atoms with E-state index < -0.39 is 5.41 Å². The zero-order valence-electron chi connectivity index (χ0n) is 15.9. The number of carbonyl (C=O) groups is 1. The fourth-order valence-electron chi connectivity index (χ4n) is 2.78. The fraction of sp³-hybridized carbons (Fsp3) is 0.611. The quantitative estimate of drug-likeness (QED) is 0.676. The second-order valence-corrected chi connectivity index (χ2v) is 6.16. The van der Waals surface area contributed by atoms with E-state index in [2.05, 4.69) is 16.3 Å². The molecule has 1 aromatic carbocycles. The predicted octanol–water partition coefficient (Wildman–Crippen LogP) is 3.02. The van der Waals surface area contributed by atoms with Crippen LogP contribution in [0.5, 0.6) is 5.75 Å². The van der Waals surface area contributed by atoms with Crippen LogP contribution in [0.1, 0.15) is 38.3 Å². The van der Waals surface area contributed by atoms with Gasteiger partial charge in [-0.15, -0.1) is 24.8 Å². The number of rotatable bonds is 9. The number of nitrogens with two attached hydrogens (primary N) is 1. The number of methoxy groups -OCH3 is 1. The number of likely N-dealkylation sites (N-methyl/N-ethyl adjacent to an activating group) is 1. The van der Waals surface area contributed by atoms with Gasteiger partial charge in [-0.1, -0.05) is 26.0 Å². The van der Waals surface area contributed by atoms with E-state index in [0.29, 0.717) is 13.1 Å². The third-order valence-corrected chi connectivity index (χ3v) is 4.78. The normalized spacial score (nSPS) is 12.0. The minimum absolute atomic E-state index is 0. The van der Waals surface area contributed by atoms with Crippen molar-refractivity contribution in [3.05, 3.63) is 29.8 Å². The van der Waals surface area contributed by atoms with E-state index in [9.17, 15) is 4.79 Å². The minimum atomic E-state index is -0.467. The maximum Gasteiger partial charge on any atom is 0.227 e. The SMILES string of the molecule is CCC(CC)(CN)C(=O)NCC(c1cccc(OC)c1)N(C)C.Cl.Cl. The molecule has 3 N–H and O–H groups in total. The number of nitrogens with one attached hydrogen (secondary N) is 1. The number of ether oxygens (including phenoxy) is 1. The summed E-state index contributed by atoms with van der Waals surface area (Å²) in [4.78, 5) is 14.7. The predicted molar refractivity (Wildman–Crippen MR) is 109 cm³/mol. The highest BCUT2D eigenvalue weighted by Crippen LogP contribution is 2.26. The zero-order chi connectivity index (χ0) is 17.5. The van der Waals surface area contributed by atoms with Crippen molar-refractivity contribution >= 4 is 30.7 Å². The van der Waals surface area contributed by atoms with Crippen molar-refractivity contribution < 1.29 is 9.53 Å². The lowest BCUT2D eigenvalue weighted by Crippen LogP contribution is -2.47. The largest absolute Gasteiger partial charge is 0.497 e. The molecule has 1 amide bonds. The molecule has 0 fully saturated rings. The van der Waals surface area contributed by atoms with E-state index in [1.165, 1.54) is 0 Å². The molecule has 1 atom stereocenters. The van der Waals surface area contributed by atoms with Gasteiger partial charge < -0.3 is 20.7 Å². The third kappa shape index (κ3) is 6.66. The fourth-order valence-corrected chi connectivity index (χ4v) is 2.78. The molecular weight excluding hydrogens is 361 g/mol. The van der Waals surface area contributed by atoms with Crippen LogP contribution in [0, 0.1) is 5.41 Å². The van der Waals surface area contributed by atoms with E-state index in [1.807, 2.05) is 46.1 Å². The standard InChI is InChI=1S/C18H31N3O2.2ClH/c1-6-18(7-2,13-19)17(22)20-12-16(21(3)4)14-9-8-10-15(11-14)23-5;;/h8-11,16H,6-7,12-13,19H2,1-5H3,(H,20,22);2*1H. The van der Waals surface area contributed by atoms with Crippen molar-refractivity contribution in [3.63, 3.8) is 0 Å². The van der Waals surface area contributed by atoms with Crippen LogP contribution in [0.3, 0.4) is 0 Å². The maximum atomic E-state index is 12.6. The molecule has 25 heavy (non-hydrogen) atoms. The van der Waals surface area contributed by atoms with Crippen molar-refractivity contribution in [3.8, 4) is 5.75 Å². The molecule has 0 heterocycles. The number of nitrogens with zero attached hydrogens (tertiary/aromatic N) is 1. The summed E-state index contributed by atoms with van der Waals surface area (Å²) in [6.45, 7) is 4.95. The highest BCUT2D eigenvalue weighted by molar-refractivity contribution is 5.85. The first kappa shape index (κ1) is 26.2. The van der Waals surface area contributed by atoms with Gasteiger partial charge in [0.25, 0.3) is 0 Å². The van der Waals surface area contributed by atoms with E-state index >= 15 is 0 Å². The number of benzene rings is 1. The highest BCUT2D eigenvalue weighted by atomic mass is 35.5.